The molecular weight excluding hydrogens is 198 g/mol. The third-order valence-corrected chi connectivity index (χ3v) is 1.95. The smallest absolute Gasteiger partial charge is 0.115 e. The Kier molecular flexibility index (Phi) is 3.49. The van der Waals surface area contributed by atoms with Crippen LogP contribution in [0.1, 0.15) is 11.1 Å². The van der Waals surface area contributed by atoms with Gasteiger partial charge in [-0.25, -0.2) is 4.99 Å². The van der Waals surface area contributed by atoms with Crippen molar-refractivity contribution in [1.29, 1.82) is 5.26 Å². The van der Waals surface area contributed by atoms with Crippen LogP contribution >= 0.6 is 11.6 Å². The molecule has 0 fully saturated rings. The summed E-state index contributed by atoms with van der Waals surface area (Å²) >= 11 is 5.50. The van der Waals surface area contributed by atoms with Crippen LogP contribution in [-0.2, 0) is 0 Å². The maximum absolute atomic E-state index is 8.80. The summed E-state index contributed by atoms with van der Waals surface area (Å²) in [6.07, 6.45) is 0. The maximum Gasteiger partial charge on any atom is 0.115 e. The van der Waals surface area contributed by atoms with Crippen molar-refractivity contribution in [3.8, 4) is 6.07 Å². The van der Waals surface area contributed by atoms with Crippen LogP contribution in [0, 0.1) is 18.3 Å². The predicted octanol–water partition coefficient (Wildman–Crippen LogP) is 2.09. The molecule has 0 spiro atoms. The molecule has 1 aromatic carbocycles. The van der Waals surface area contributed by atoms with E-state index in [0.717, 1.165) is 5.56 Å². The SMILES string of the molecule is Cc1ccc(C#N)c(N=C(N)CCl)c1. The van der Waals surface area contributed by atoms with E-state index in [1.807, 2.05) is 19.1 Å². The number of amidine groups is 1. The van der Waals surface area contributed by atoms with Gasteiger partial charge in [0.1, 0.15) is 11.9 Å². The quantitative estimate of drug-likeness (QED) is 0.459. The lowest BCUT2D eigenvalue weighted by Crippen LogP contribution is -2.12. The molecule has 0 bridgehead atoms. The molecule has 1 aromatic rings. The molecular formula is C10H10ClN3. The predicted molar refractivity (Wildman–Crippen MR) is 57.9 cm³/mol. The molecule has 0 heterocycles. The van der Waals surface area contributed by atoms with Gasteiger partial charge < -0.3 is 5.73 Å². The zero-order chi connectivity index (χ0) is 10.6. The second kappa shape index (κ2) is 4.64. The van der Waals surface area contributed by atoms with Crippen molar-refractivity contribution in [2.45, 2.75) is 6.92 Å². The lowest BCUT2D eigenvalue weighted by Gasteiger charge is -2.00. The Morgan fingerprint density at radius 1 is 1.64 bits per heavy atom. The minimum Gasteiger partial charge on any atom is -0.386 e. The minimum absolute atomic E-state index is 0.165. The van der Waals surface area contributed by atoms with Gasteiger partial charge in [0.25, 0.3) is 0 Å². The van der Waals surface area contributed by atoms with E-state index in [0.29, 0.717) is 17.1 Å². The van der Waals surface area contributed by atoms with E-state index >= 15 is 0 Å². The molecule has 0 saturated carbocycles. The van der Waals surface area contributed by atoms with Gasteiger partial charge in [-0.15, -0.1) is 11.6 Å². The fourth-order valence-corrected chi connectivity index (χ4v) is 1.07. The van der Waals surface area contributed by atoms with Gasteiger partial charge in [0.2, 0.25) is 0 Å². The van der Waals surface area contributed by atoms with Gasteiger partial charge in [-0.3, -0.25) is 0 Å². The molecule has 0 atom stereocenters. The number of alkyl halides is 1. The lowest BCUT2D eigenvalue weighted by atomic mass is 10.1. The highest BCUT2D eigenvalue weighted by Gasteiger charge is 2.01. The fourth-order valence-electron chi connectivity index (χ4n) is 1.01. The molecule has 4 heteroatoms. The summed E-state index contributed by atoms with van der Waals surface area (Å²) in [5.41, 5.74) is 7.60. The largest absolute Gasteiger partial charge is 0.386 e. The second-order valence-corrected chi connectivity index (χ2v) is 3.14. The van der Waals surface area contributed by atoms with Crippen LogP contribution in [0.2, 0.25) is 0 Å². The first-order valence-corrected chi connectivity index (χ1v) is 4.60. The van der Waals surface area contributed by atoms with Crippen molar-refractivity contribution in [3.05, 3.63) is 29.3 Å². The van der Waals surface area contributed by atoms with Crippen LogP contribution in [0.15, 0.2) is 23.2 Å². The Morgan fingerprint density at radius 3 is 2.93 bits per heavy atom. The average molecular weight is 208 g/mol. The van der Waals surface area contributed by atoms with Gasteiger partial charge in [-0.1, -0.05) is 6.07 Å². The normalized spacial score (nSPS) is 11.1. The fraction of sp³-hybridized carbons (Fsp3) is 0.200. The molecule has 3 nitrogen and oxygen atoms in total. The zero-order valence-electron chi connectivity index (χ0n) is 7.79. The summed E-state index contributed by atoms with van der Waals surface area (Å²) in [6.45, 7) is 1.93. The van der Waals surface area contributed by atoms with Gasteiger partial charge in [-0.2, -0.15) is 5.26 Å². The van der Waals surface area contributed by atoms with Crippen molar-refractivity contribution >= 4 is 23.1 Å². The Bertz CT molecular complexity index is 404. The maximum atomic E-state index is 8.80. The molecule has 1 rings (SSSR count). The van der Waals surface area contributed by atoms with Gasteiger partial charge >= 0.3 is 0 Å². The summed E-state index contributed by atoms with van der Waals surface area (Å²) in [6, 6.07) is 7.42. The molecule has 0 aromatic heterocycles. The van der Waals surface area contributed by atoms with Crippen LogP contribution < -0.4 is 5.73 Å². The number of hydrogen-bond donors (Lipinski definition) is 1. The summed E-state index contributed by atoms with van der Waals surface area (Å²) in [5, 5.41) is 8.80. The van der Waals surface area contributed by atoms with Crippen molar-refractivity contribution < 1.29 is 0 Å². The van der Waals surface area contributed by atoms with Crippen molar-refractivity contribution in [2.24, 2.45) is 10.7 Å². The van der Waals surface area contributed by atoms with E-state index < -0.39 is 0 Å². The number of halogens is 1. The van der Waals surface area contributed by atoms with E-state index in [-0.39, 0.29) is 5.88 Å². The molecule has 72 valence electrons. The molecule has 14 heavy (non-hydrogen) atoms. The van der Waals surface area contributed by atoms with Crippen LogP contribution in [0.3, 0.4) is 0 Å². The highest BCUT2D eigenvalue weighted by Crippen LogP contribution is 2.19. The van der Waals surface area contributed by atoms with E-state index in [9.17, 15) is 0 Å². The van der Waals surface area contributed by atoms with E-state index in [2.05, 4.69) is 4.99 Å². The molecule has 0 amide bonds. The molecule has 0 aliphatic rings. The van der Waals surface area contributed by atoms with Crippen molar-refractivity contribution in [3.63, 3.8) is 0 Å². The number of hydrogen-bond acceptors (Lipinski definition) is 2. The van der Waals surface area contributed by atoms with Crippen LogP contribution in [-0.4, -0.2) is 11.7 Å². The minimum atomic E-state index is 0.165. The van der Waals surface area contributed by atoms with E-state index in [1.165, 1.54) is 0 Å². The molecule has 0 aliphatic carbocycles. The first-order chi connectivity index (χ1) is 6.67. The molecule has 0 aliphatic heterocycles. The van der Waals surface area contributed by atoms with Crippen LogP contribution in [0.25, 0.3) is 0 Å². The molecule has 2 N–H and O–H groups in total. The first-order valence-electron chi connectivity index (χ1n) is 4.07. The number of aryl methyl sites for hydroxylation is 1. The number of aliphatic imine (C=N–C) groups is 1. The number of nitrogens with zero attached hydrogens (tertiary/aromatic N) is 2. The third kappa shape index (κ3) is 2.48. The van der Waals surface area contributed by atoms with Crippen molar-refractivity contribution in [1.82, 2.24) is 0 Å². The first kappa shape index (κ1) is 10.6. The number of rotatable bonds is 2. The Hall–Kier alpha value is -1.53. The van der Waals surface area contributed by atoms with Gasteiger partial charge in [0, 0.05) is 0 Å². The lowest BCUT2D eigenvalue weighted by molar-refractivity contribution is 1.37. The second-order valence-electron chi connectivity index (χ2n) is 2.87. The molecule has 0 saturated heterocycles. The van der Waals surface area contributed by atoms with Gasteiger partial charge in [-0.05, 0) is 24.6 Å². The topological polar surface area (TPSA) is 62.2 Å². The summed E-state index contributed by atoms with van der Waals surface area (Å²) < 4.78 is 0. The Balaban J connectivity index is 3.19. The summed E-state index contributed by atoms with van der Waals surface area (Å²) in [5.74, 6) is 0.479. The van der Waals surface area contributed by atoms with E-state index in [4.69, 9.17) is 22.6 Å². The summed E-state index contributed by atoms with van der Waals surface area (Å²) in [4.78, 5) is 4.05. The third-order valence-electron chi connectivity index (χ3n) is 1.67. The number of nitrogens with two attached hydrogens (primary N) is 1. The highest BCUT2D eigenvalue weighted by atomic mass is 35.5. The molecule has 0 radical (unpaired) electrons. The standard InChI is InChI=1S/C10H10ClN3/c1-7-2-3-8(6-12)9(4-7)14-10(13)5-11/h2-4H,5H2,1H3,(H2,13,14). The summed E-state index contributed by atoms with van der Waals surface area (Å²) in [7, 11) is 0. The number of benzene rings is 1. The van der Waals surface area contributed by atoms with Crippen molar-refractivity contribution in [2.75, 3.05) is 5.88 Å². The van der Waals surface area contributed by atoms with Crippen LogP contribution in [0.4, 0.5) is 5.69 Å². The Morgan fingerprint density at radius 2 is 2.36 bits per heavy atom. The monoisotopic (exact) mass is 207 g/mol. The number of nitriles is 1. The molecule has 0 unspecified atom stereocenters. The average Bonchev–Trinajstić information content (AvgIpc) is 2.18. The highest BCUT2D eigenvalue weighted by molar-refractivity contribution is 6.28. The van der Waals surface area contributed by atoms with Gasteiger partial charge in [0.15, 0.2) is 0 Å². The van der Waals surface area contributed by atoms with Gasteiger partial charge in [0.05, 0.1) is 17.1 Å². The Labute approximate surface area is 87.8 Å². The van der Waals surface area contributed by atoms with Crippen LogP contribution in [0.5, 0.6) is 0 Å². The zero-order valence-corrected chi connectivity index (χ0v) is 8.54. The van der Waals surface area contributed by atoms with E-state index in [1.54, 1.807) is 12.1 Å².